The normalized spacial score (nSPS) is 13.7. The number of nitrogens with two attached hydrogens (primary N) is 2. The monoisotopic (exact) mass is 203 g/mol. The van der Waals surface area contributed by atoms with E-state index in [1.54, 1.807) is 6.92 Å². The number of hydrogen-bond donors (Lipinski definition) is 2. The molecule has 80 valence electrons. The van der Waals surface area contributed by atoms with Crippen molar-refractivity contribution in [3.8, 4) is 0 Å². The molecule has 0 unspecified atom stereocenters. The third-order valence-electron chi connectivity index (χ3n) is 2.15. The molecule has 0 aliphatic carbocycles. The minimum absolute atomic E-state index is 0.551. The number of aliphatic imine (C=N–C) groups is 1. The fraction of sp³-hybridized carbons (Fsp3) is 0.250. The Morgan fingerprint density at radius 3 is 2.07 bits per heavy atom. The first kappa shape index (κ1) is 11.3. The molecule has 0 aliphatic rings. The zero-order valence-corrected chi connectivity index (χ0v) is 9.41. The quantitative estimate of drug-likeness (QED) is 0.724. The van der Waals surface area contributed by atoms with Crippen molar-refractivity contribution in [1.29, 1.82) is 0 Å². The van der Waals surface area contributed by atoms with Gasteiger partial charge in [-0.05, 0) is 32.9 Å². The maximum absolute atomic E-state index is 5.76. The van der Waals surface area contributed by atoms with Gasteiger partial charge in [-0.3, -0.25) is 4.99 Å². The van der Waals surface area contributed by atoms with E-state index in [0.29, 0.717) is 11.4 Å². The van der Waals surface area contributed by atoms with Crippen molar-refractivity contribution >= 4 is 11.4 Å². The Bertz CT molecular complexity index is 395. The van der Waals surface area contributed by atoms with Crippen LogP contribution in [0.1, 0.15) is 19.4 Å². The van der Waals surface area contributed by atoms with Gasteiger partial charge in [-0.25, -0.2) is 0 Å². The number of allylic oxidation sites excluding steroid dienone is 2. The Morgan fingerprint density at radius 1 is 1.07 bits per heavy atom. The van der Waals surface area contributed by atoms with E-state index >= 15 is 0 Å². The molecule has 3 heteroatoms. The first-order valence-corrected chi connectivity index (χ1v) is 4.85. The first-order chi connectivity index (χ1) is 7.00. The minimum Gasteiger partial charge on any atom is -0.401 e. The van der Waals surface area contributed by atoms with Crippen LogP contribution in [0.5, 0.6) is 0 Å². The van der Waals surface area contributed by atoms with Gasteiger partial charge in [0.2, 0.25) is 0 Å². The Morgan fingerprint density at radius 2 is 1.60 bits per heavy atom. The number of aryl methyl sites for hydroxylation is 1. The molecule has 0 aliphatic heterocycles. The van der Waals surface area contributed by atoms with Crippen LogP contribution in [0, 0.1) is 6.92 Å². The van der Waals surface area contributed by atoms with Crippen molar-refractivity contribution in [2.24, 2.45) is 16.5 Å². The van der Waals surface area contributed by atoms with Crippen LogP contribution in [-0.2, 0) is 0 Å². The van der Waals surface area contributed by atoms with E-state index in [-0.39, 0.29) is 0 Å². The first-order valence-electron chi connectivity index (χ1n) is 4.85. The molecule has 0 atom stereocenters. The summed E-state index contributed by atoms with van der Waals surface area (Å²) >= 11 is 0. The van der Waals surface area contributed by atoms with Crippen LogP contribution in [0.25, 0.3) is 0 Å². The molecule has 0 fully saturated rings. The smallest absolute Gasteiger partial charge is 0.0717 e. The van der Waals surface area contributed by atoms with Crippen LogP contribution in [0.2, 0.25) is 0 Å². The van der Waals surface area contributed by atoms with Crippen LogP contribution >= 0.6 is 0 Å². The van der Waals surface area contributed by atoms with Crippen molar-refractivity contribution in [2.45, 2.75) is 20.8 Å². The van der Waals surface area contributed by atoms with Crippen LogP contribution in [-0.4, -0.2) is 5.71 Å². The van der Waals surface area contributed by atoms with E-state index in [9.17, 15) is 0 Å². The molecule has 4 N–H and O–H groups in total. The van der Waals surface area contributed by atoms with Crippen molar-refractivity contribution < 1.29 is 0 Å². The highest BCUT2D eigenvalue weighted by molar-refractivity contribution is 5.99. The van der Waals surface area contributed by atoms with Crippen molar-refractivity contribution in [1.82, 2.24) is 0 Å². The van der Waals surface area contributed by atoms with Crippen molar-refractivity contribution in [2.75, 3.05) is 0 Å². The average Bonchev–Trinajstić information content (AvgIpc) is 2.20. The van der Waals surface area contributed by atoms with E-state index in [0.717, 1.165) is 11.4 Å². The lowest BCUT2D eigenvalue weighted by Crippen LogP contribution is -2.14. The van der Waals surface area contributed by atoms with Crippen LogP contribution < -0.4 is 11.5 Å². The van der Waals surface area contributed by atoms with Crippen LogP contribution in [0.3, 0.4) is 0 Å². The lowest BCUT2D eigenvalue weighted by atomic mass is 10.2. The predicted molar refractivity (Wildman–Crippen MR) is 65.0 cm³/mol. The zero-order valence-electron chi connectivity index (χ0n) is 9.41. The SMILES string of the molecule is CC(=Nc1ccc(C)cc1)C(N)=C(C)N. The second-order valence-corrected chi connectivity index (χ2v) is 3.63. The zero-order chi connectivity index (χ0) is 11.4. The highest BCUT2D eigenvalue weighted by Gasteiger charge is 1.99. The second-order valence-electron chi connectivity index (χ2n) is 3.63. The summed E-state index contributed by atoms with van der Waals surface area (Å²) in [5.41, 5.74) is 15.4. The van der Waals surface area contributed by atoms with Gasteiger partial charge in [-0.2, -0.15) is 0 Å². The molecule has 3 nitrogen and oxygen atoms in total. The molecule has 0 spiro atoms. The molecule has 0 radical (unpaired) electrons. The molecule has 1 aromatic carbocycles. The number of benzene rings is 1. The van der Waals surface area contributed by atoms with E-state index < -0.39 is 0 Å². The van der Waals surface area contributed by atoms with Crippen molar-refractivity contribution in [3.05, 3.63) is 41.2 Å². The summed E-state index contributed by atoms with van der Waals surface area (Å²) in [5, 5.41) is 0. The Kier molecular flexibility index (Phi) is 3.50. The second kappa shape index (κ2) is 4.64. The molecular formula is C12H17N3. The topological polar surface area (TPSA) is 64.4 Å². The fourth-order valence-electron chi connectivity index (χ4n) is 1.16. The molecule has 1 aromatic rings. The van der Waals surface area contributed by atoms with Crippen LogP contribution in [0.15, 0.2) is 40.7 Å². The minimum atomic E-state index is 0.551. The van der Waals surface area contributed by atoms with Gasteiger partial charge >= 0.3 is 0 Å². The molecule has 0 saturated carbocycles. The average molecular weight is 203 g/mol. The number of nitrogens with zero attached hydrogens (tertiary/aromatic N) is 1. The predicted octanol–water partition coefficient (Wildman–Crippen LogP) is 2.24. The summed E-state index contributed by atoms with van der Waals surface area (Å²) < 4.78 is 0. The third kappa shape index (κ3) is 3.13. The Labute approximate surface area is 90.5 Å². The summed E-state index contributed by atoms with van der Waals surface area (Å²) in [4.78, 5) is 4.38. The summed E-state index contributed by atoms with van der Waals surface area (Å²) in [6.07, 6.45) is 0. The number of rotatable bonds is 2. The maximum atomic E-state index is 5.76. The molecule has 0 aromatic heterocycles. The van der Waals surface area contributed by atoms with E-state index in [2.05, 4.69) is 4.99 Å². The molecular weight excluding hydrogens is 186 g/mol. The van der Waals surface area contributed by atoms with Gasteiger partial charge in [0.1, 0.15) is 0 Å². The van der Waals surface area contributed by atoms with Gasteiger partial charge in [-0.15, -0.1) is 0 Å². The summed E-state index contributed by atoms with van der Waals surface area (Å²) in [6, 6.07) is 7.94. The molecule has 0 amide bonds. The van der Waals surface area contributed by atoms with E-state index in [1.807, 2.05) is 38.1 Å². The number of hydrogen-bond acceptors (Lipinski definition) is 3. The van der Waals surface area contributed by atoms with Crippen LogP contribution in [0.4, 0.5) is 5.69 Å². The van der Waals surface area contributed by atoms with Gasteiger partial charge < -0.3 is 11.5 Å². The van der Waals surface area contributed by atoms with Gasteiger partial charge in [0.05, 0.1) is 17.1 Å². The lowest BCUT2D eigenvalue weighted by molar-refractivity contribution is 1.22. The van der Waals surface area contributed by atoms with E-state index in [4.69, 9.17) is 11.5 Å². The van der Waals surface area contributed by atoms with Gasteiger partial charge in [-0.1, -0.05) is 17.7 Å². The Hall–Kier alpha value is -1.77. The molecule has 0 saturated heterocycles. The third-order valence-corrected chi connectivity index (χ3v) is 2.15. The lowest BCUT2D eigenvalue weighted by Gasteiger charge is -2.03. The van der Waals surface area contributed by atoms with E-state index in [1.165, 1.54) is 5.56 Å². The van der Waals surface area contributed by atoms with Gasteiger partial charge in [0.25, 0.3) is 0 Å². The summed E-state index contributed by atoms with van der Waals surface area (Å²) in [5.74, 6) is 0. The summed E-state index contributed by atoms with van der Waals surface area (Å²) in [6.45, 7) is 5.66. The summed E-state index contributed by atoms with van der Waals surface area (Å²) in [7, 11) is 0. The fourth-order valence-corrected chi connectivity index (χ4v) is 1.16. The van der Waals surface area contributed by atoms with Gasteiger partial charge in [0.15, 0.2) is 0 Å². The van der Waals surface area contributed by atoms with Crippen molar-refractivity contribution in [3.63, 3.8) is 0 Å². The largest absolute Gasteiger partial charge is 0.401 e. The molecule has 15 heavy (non-hydrogen) atoms. The molecule has 0 heterocycles. The van der Waals surface area contributed by atoms with Gasteiger partial charge in [0, 0.05) is 5.70 Å². The Balaban J connectivity index is 2.98. The molecule has 0 bridgehead atoms. The molecule has 1 rings (SSSR count). The highest BCUT2D eigenvalue weighted by Crippen LogP contribution is 2.13. The highest BCUT2D eigenvalue weighted by atomic mass is 14.8. The maximum Gasteiger partial charge on any atom is 0.0717 e. The standard InChI is InChI=1S/C12H17N3/c1-8-4-6-11(7-5-8)15-10(3)12(14)9(2)13/h4-7H,13-14H2,1-3H3.